The minimum atomic E-state index is -0.347. The van der Waals surface area contributed by atoms with E-state index in [4.69, 9.17) is 15.6 Å². The second-order valence-corrected chi connectivity index (χ2v) is 4.38. The highest BCUT2D eigenvalue weighted by atomic mass is 16.5. The SMILES string of the molecule is CC1OCCC1Cn1cncc1C(N)CO. The van der Waals surface area contributed by atoms with Gasteiger partial charge in [-0.15, -0.1) is 0 Å². The van der Waals surface area contributed by atoms with Crippen LogP contribution < -0.4 is 5.73 Å². The first-order valence-electron chi connectivity index (χ1n) is 5.70. The molecule has 0 saturated carbocycles. The summed E-state index contributed by atoms with van der Waals surface area (Å²) in [6, 6.07) is -0.347. The van der Waals surface area contributed by atoms with E-state index < -0.39 is 0 Å². The fourth-order valence-electron chi connectivity index (χ4n) is 2.15. The van der Waals surface area contributed by atoms with Crippen LogP contribution in [-0.4, -0.2) is 34.0 Å². The standard InChI is InChI=1S/C11H19N3O2/c1-8-9(2-3-16-8)5-14-7-13-4-11(14)10(12)6-15/h4,7-10,15H,2-3,5-6,12H2,1H3. The molecule has 16 heavy (non-hydrogen) atoms. The zero-order chi connectivity index (χ0) is 11.5. The van der Waals surface area contributed by atoms with Crippen molar-refractivity contribution in [2.24, 2.45) is 11.7 Å². The molecule has 0 spiro atoms. The van der Waals surface area contributed by atoms with Gasteiger partial charge in [-0.05, 0) is 13.3 Å². The maximum absolute atomic E-state index is 9.05. The van der Waals surface area contributed by atoms with Crippen molar-refractivity contribution in [1.82, 2.24) is 9.55 Å². The van der Waals surface area contributed by atoms with Gasteiger partial charge in [-0.1, -0.05) is 0 Å². The molecule has 0 bridgehead atoms. The summed E-state index contributed by atoms with van der Waals surface area (Å²) in [6.07, 6.45) is 4.87. The topological polar surface area (TPSA) is 73.3 Å². The monoisotopic (exact) mass is 225 g/mol. The molecule has 2 rings (SSSR count). The average molecular weight is 225 g/mol. The minimum absolute atomic E-state index is 0.0532. The van der Waals surface area contributed by atoms with E-state index >= 15 is 0 Å². The number of ether oxygens (including phenoxy) is 1. The van der Waals surface area contributed by atoms with Crippen molar-refractivity contribution in [3.05, 3.63) is 18.2 Å². The van der Waals surface area contributed by atoms with Crippen molar-refractivity contribution >= 4 is 0 Å². The van der Waals surface area contributed by atoms with E-state index in [2.05, 4.69) is 11.9 Å². The van der Waals surface area contributed by atoms with Crippen LogP contribution in [0.3, 0.4) is 0 Å². The Morgan fingerprint density at radius 2 is 2.56 bits per heavy atom. The van der Waals surface area contributed by atoms with Gasteiger partial charge in [0.2, 0.25) is 0 Å². The van der Waals surface area contributed by atoms with E-state index in [1.165, 1.54) is 0 Å². The van der Waals surface area contributed by atoms with Gasteiger partial charge in [-0.2, -0.15) is 0 Å². The lowest BCUT2D eigenvalue weighted by molar-refractivity contribution is 0.101. The van der Waals surface area contributed by atoms with Crippen LogP contribution in [0.4, 0.5) is 0 Å². The van der Waals surface area contributed by atoms with E-state index in [-0.39, 0.29) is 12.6 Å². The molecule has 1 aliphatic heterocycles. The van der Waals surface area contributed by atoms with Gasteiger partial charge < -0.3 is 20.1 Å². The summed E-state index contributed by atoms with van der Waals surface area (Å²) >= 11 is 0. The lowest BCUT2D eigenvalue weighted by atomic mass is 10.0. The van der Waals surface area contributed by atoms with Gasteiger partial charge in [-0.25, -0.2) is 4.98 Å². The van der Waals surface area contributed by atoms with Crippen molar-refractivity contribution in [1.29, 1.82) is 0 Å². The number of nitrogens with two attached hydrogens (primary N) is 1. The molecule has 5 heteroatoms. The highest BCUT2D eigenvalue weighted by molar-refractivity contribution is 5.04. The number of aliphatic hydroxyl groups excluding tert-OH is 1. The Labute approximate surface area is 95.2 Å². The quantitative estimate of drug-likeness (QED) is 0.773. The molecule has 0 amide bonds. The van der Waals surface area contributed by atoms with Crippen LogP contribution in [0.1, 0.15) is 25.1 Å². The second-order valence-electron chi connectivity index (χ2n) is 4.38. The highest BCUT2D eigenvalue weighted by Gasteiger charge is 2.25. The Kier molecular flexibility index (Phi) is 3.58. The fraction of sp³-hybridized carbons (Fsp3) is 0.727. The molecule has 90 valence electrons. The molecule has 1 aromatic rings. The predicted octanol–water partition coefficient (Wildman–Crippen LogP) is 0.300. The number of imidazole rings is 1. The van der Waals surface area contributed by atoms with E-state index in [0.717, 1.165) is 25.3 Å². The molecular formula is C11H19N3O2. The molecular weight excluding hydrogens is 206 g/mol. The molecule has 1 saturated heterocycles. The Morgan fingerprint density at radius 1 is 1.75 bits per heavy atom. The van der Waals surface area contributed by atoms with E-state index in [0.29, 0.717) is 12.0 Å². The average Bonchev–Trinajstić information content (AvgIpc) is 2.88. The maximum Gasteiger partial charge on any atom is 0.0948 e. The Balaban J connectivity index is 2.06. The fourth-order valence-corrected chi connectivity index (χ4v) is 2.15. The lowest BCUT2D eigenvalue weighted by Gasteiger charge is -2.18. The van der Waals surface area contributed by atoms with Gasteiger partial charge in [0.25, 0.3) is 0 Å². The van der Waals surface area contributed by atoms with Crippen LogP contribution in [0.2, 0.25) is 0 Å². The van der Waals surface area contributed by atoms with Gasteiger partial charge in [0.05, 0.1) is 30.8 Å². The minimum Gasteiger partial charge on any atom is -0.394 e. The van der Waals surface area contributed by atoms with Crippen molar-refractivity contribution in [2.75, 3.05) is 13.2 Å². The number of nitrogens with zero attached hydrogens (tertiary/aromatic N) is 2. The largest absolute Gasteiger partial charge is 0.394 e. The van der Waals surface area contributed by atoms with E-state index in [9.17, 15) is 0 Å². The van der Waals surface area contributed by atoms with Crippen molar-refractivity contribution < 1.29 is 9.84 Å². The first-order chi connectivity index (χ1) is 7.72. The Morgan fingerprint density at radius 3 is 3.19 bits per heavy atom. The third-order valence-corrected chi connectivity index (χ3v) is 3.29. The Bertz CT molecular complexity index is 340. The van der Waals surface area contributed by atoms with Crippen LogP contribution in [-0.2, 0) is 11.3 Å². The van der Waals surface area contributed by atoms with Crippen LogP contribution in [0, 0.1) is 5.92 Å². The van der Waals surface area contributed by atoms with E-state index in [1.54, 1.807) is 12.5 Å². The normalized spacial score (nSPS) is 27.2. The highest BCUT2D eigenvalue weighted by Crippen LogP contribution is 2.23. The smallest absolute Gasteiger partial charge is 0.0948 e. The molecule has 1 fully saturated rings. The molecule has 1 aromatic heterocycles. The van der Waals surface area contributed by atoms with Gasteiger partial charge in [0.1, 0.15) is 0 Å². The number of aliphatic hydroxyl groups is 1. The van der Waals surface area contributed by atoms with Crippen LogP contribution >= 0.6 is 0 Å². The number of hydrogen-bond acceptors (Lipinski definition) is 4. The summed E-state index contributed by atoms with van der Waals surface area (Å²) in [5.41, 5.74) is 6.70. The zero-order valence-electron chi connectivity index (χ0n) is 9.54. The van der Waals surface area contributed by atoms with Crippen LogP contribution in [0.25, 0.3) is 0 Å². The summed E-state index contributed by atoms with van der Waals surface area (Å²) in [4.78, 5) is 4.09. The molecule has 1 aliphatic rings. The van der Waals surface area contributed by atoms with Crippen molar-refractivity contribution in [3.8, 4) is 0 Å². The summed E-state index contributed by atoms with van der Waals surface area (Å²) in [7, 11) is 0. The molecule has 3 unspecified atom stereocenters. The Hall–Kier alpha value is -0.910. The molecule has 0 aromatic carbocycles. The summed E-state index contributed by atoms with van der Waals surface area (Å²) in [5.74, 6) is 0.513. The van der Waals surface area contributed by atoms with Crippen molar-refractivity contribution in [2.45, 2.75) is 32.0 Å². The maximum atomic E-state index is 9.05. The lowest BCUT2D eigenvalue weighted by Crippen LogP contribution is -2.23. The predicted molar refractivity (Wildman–Crippen MR) is 59.8 cm³/mol. The first-order valence-corrected chi connectivity index (χ1v) is 5.70. The van der Waals surface area contributed by atoms with Gasteiger partial charge in [0, 0.05) is 25.3 Å². The third-order valence-electron chi connectivity index (χ3n) is 3.29. The van der Waals surface area contributed by atoms with Crippen LogP contribution in [0.5, 0.6) is 0 Å². The van der Waals surface area contributed by atoms with Crippen LogP contribution in [0.15, 0.2) is 12.5 Å². The first kappa shape index (κ1) is 11.6. The van der Waals surface area contributed by atoms with Gasteiger partial charge in [0.15, 0.2) is 0 Å². The van der Waals surface area contributed by atoms with Gasteiger partial charge in [-0.3, -0.25) is 0 Å². The molecule has 0 aliphatic carbocycles. The summed E-state index contributed by atoms with van der Waals surface area (Å²) < 4.78 is 7.55. The summed E-state index contributed by atoms with van der Waals surface area (Å²) in [5, 5.41) is 9.05. The zero-order valence-corrected chi connectivity index (χ0v) is 9.54. The van der Waals surface area contributed by atoms with Crippen molar-refractivity contribution in [3.63, 3.8) is 0 Å². The number of aromatic nitrogens is 2. The molecule has 3 atom stereocenters. The number of rotatable bonds is 4. The molecule has 3 N–H and O–H groups in total. The summed E-state index contributed by atoms with van der Waals surface area (Å²) in [6.45, 7) is 3.74. The molecule has 2 heterocycles. The number of hydrogen-bond donors (Lipinski definition) is 2. The molecule has 0 radical (unpaired) electrons. The molecule has 5 nitrogen and oxygen atoms in total. The van der Waals surface area contributed by atoms with E-state index in [1.807, 2.05) is 4.57 Å². The third kappa shape index (κ3) is 2.26. The second kappa shape index (κ2) is 4.95. The van der Waals surface area contributed by atoms with Gasteiger partial charge >= 0.3 is 0 Å².